The molecule has 7 nitrogen and oxygen atoms in total. The van der Waals surface area contributed by atoms with Gasteiger partial charge in [-0.2, -0.15) is 0 Å². The summed E-state index contributed by atoms with van der Waals surface area (Å²) in [5.41, 5.74) is 4.93. The topological polar surface area (TPSA) is 88.4 Å². The molecule has 1 aliphatic rings. The summed E-state index contributed by atoms with van der Waals surface area (Å²) in [5, 5.41) is 9.00. The number of carbonyl (C=O) groups excluding carboxylic acids is 1. The molecule has 0 spiro atoms. The van der Waals surface area contributed by atoms with Crippen LogP contribution in [0.3, 0.4) is 0 Å². The maximum Gasteiger partial charge on any atom is 0.180 e. The Bertz CT molecular complexity index is 1120. The standard InChI is InChI=1S/C25H28N4O3/c1-17-5-3-6-18(13-17)14-19(31)16-29(2)25-21-7-4-8-22(21)27-24(28-25)23-15-20(9-10-26-23)32-12-11-30/h3,5-6,9-10,13,15,30H,4,7-8,11-12,14,16H2,1-2H3. The minimum Gasteiger partial charge on any atom is -0.491 e. The van der Waals surface area contributed by atoms with Crippen molar-refractivity contribution in [3.05, 3.63) is 65.0 Å². The fourth-order valence-electron chi connectivity index (χ4n) is 4.07. The Kier molecular flexibility index (Phi) is 6.75. The molecule has 1 N–H and O–H groups in total. The van der Waals surface area contributed by atoms with Gasteiger partial charge in [0.25, 0.3) is 0 Å². The lowest BCUT2D eigenvalue weighted by atomic mass is 10.1. The van der Waals surface area contributed by atoms with Crippen LogP contribution in [0.1, 0.15) is 28.8 Å². The first-order chi connectivity index (χ1) is 15.5. The number of rotatable bonds is 9. The lowest BCUT2D eigenvalue weighted by Gasteiger charge is -2.21. The van der Waals surface area contributed by atoms with Crippen molar-refractivity contribution in [1.82, 2.24) is 15.0 Å². The monoisotopic (exact) mass is 432 g/mol. The number of aryl methyl sites for hydroxylation is 2. The van der Waals surface area contributed by atoms with Gasteiger partial charge < -0.3 is 14.7 Å². The SMILES string of the molecule is Cc1cccc(CC(=O)CN(C)c2nc(-c3cc(OCCO)ccn3)nc3c2CCC3)c1. The van der Waals surface area contributed by atoms with Crippen molar-refractivity contribution in [2.75, 3.05) is 31.7 Å². The highest BCUT2D eigenvalue weighted by molar-refractivity contribution is 5.85. The molecule has 0 bridgehead atoms. The number of pyridine rings is 1. The van der Waals surface area contributed by atoms with Crippen LogP contribution in [0, 0.1) is 6.92 Å². The van der Waals surface area contributed by atoms with E-state index in [1.54, 1.807) is 18.3 Å². The minimum atomic E-state index is -0.0570. The highest BCUT2D eigenvalue weighted by Crippen LogP contribution is 2.31. The number of benzene rings is 1. The van der Waals surface area contributed by atoms with Crippen LogP contribution in [0.2, 0.25) is 0 Å². The number of aliphatic hydroxyl groups is 1. The van der Waals surface area contributed by atoms with Gasteiger partial charge in [-0.15, -0.1) is 0 Å². The molecule has 0 saturated heterocycles. The number of hydrogen-bond donors (Lipinski definition) is 1. The van der Waals surface area contributed by atoms with E-state index in [2.05, 4.69) is 11.1 Å². The Morgan fingerprint density at radius 1 is 1.19 bits per heavy atom. The second kappa shape index (κ2) is 9.87. The quantitative estimate of drug-likeness (QED) is 0.556. The van der Waals surface area contributed by atoms with Crippen LogP contribution in [0.5, 0.6) is 5.75 Å². The number of fused-ring (bicyclic) bond motifs is 1. The van der Waals surface area contributed by atoms with E-state index in [9.17, 15) is 4.79 Å². The summed E-state index contributed by atoms with van der Waals surface area (Å²) >= 11 is 0. The molecular weight excluding hydrogens is 404 g/mol. The molecule has 1 aliphatic carbocycles. The number of nitrogens with zero attached hydrogens (tertiary/aromatic N) is 4. The molecule has 0 saturated carbocycles. The number of ether oxygens (including phenoxy) is 1. The lowest BCUT2D eigenvalue weighted by molar-refractivity contribution is -0.117. The number of ketones is 1. The van der Waals surface area contributed by atoms with Gasteiger partial charge in [-0.05, 0) is 37.8 Å². The summed E-state index contributed by atoms with van der Waals surface area (Å²) in [5.74, 6) is 2.07. The van der Waals surface area contributed by atoms with Gasteiger partial charge in [-0.3, -0.25) is 9.78 Å². The minimum absolute atomic E-state index is 0.0570. The molecule has 4 rings (SSSR count). The Morgan fingerprint density at radius 3 is 2.88 bits per heavy atom. The van der Waals surface area contributed by atoms with Gasteiger partial charge in [0.2, 0.25) is 0 Å². The first-order valence-electron chi connectivity index (χ1n) is 10.9. The highest BCUT2D eigenvalue weighted by atomic mass is 16.5. The molecule has 0 radical (unpaired) electrons. The number of carbonyl (C=O) groups is 1. The Hall–Kier alpha value is -3.32. The maximum absolute atomic E-state index is 12.8. The zero-order valence-electron chi connectivity index (χ0n) is 18.5. The molecule has 32 heavy (non-hydrogen) atoms. The fraction of sp³-hybridized carbons (Fsp3) is 0.360. The van der Waals surface area contributed by atoms with E-state index in [-0.39, 0.29) is 25.5 Å². The number of anilines is 1. The molecule has 2 aromatic heterocycles. The largest absolute Gasteiger partial charge is 0.491 e. The van der Waals surface area contributed by atoms with Gasteiger partial charge in [-0.1, -0.05) is 29.8 Å². The van der Waals surface area contributed by atoms with Gasteiger partial charge in [0.05, 0.1) is 13.2 Å². The van der Waals surface area contributed by atoms with Crippen molar-refractivity contribution in [3.63, 3.8) is 0 Å². The van der Waals surface area contributed by atoms with Crippen LogP contribution >= 0.6 is 0 Å². The Labute approximate surface area is 188 Å². The van der Waals surface area contributed by atoms with Crippen LogP contribution in [-0.2, 0) is 24.1 Å². The second-order valence-corrected chi connectivity index (χ2v) is 8.16. The van der Waals surface area contributed by atoms with Gasteiger partial charge in [0, 0.05) is 37.0 Å². The van der Waals surface area contributed by atoms with Crippen LogP contribution < -0.4 is 9.64 Å². The molecule has 2 heterocycles. The van der Waals surface area contributed by atoms with Crippen molar-refractivity contribution in [2.24, 2.45) is 0 Å². The van der Waals surface area contributed by atoms with E-state index in [4.69, 9.17) is 19.8 Å². The van der Waals surface area contributed by atoms with Gasteiger partial charge in [0.15, 0.2) is 11.6 Å². The van der Waals surface area contributed by atoms with E-state index in [0.717, 1.165) is 47.5 Å². The summed E-state index contributed by atoms with van der Waals surface area (Å²) in [4.78, 5) is 28.7. The molecule has 0 atom stereocenters. The third-order valence-corrected chi connectivity index (χ3v) is 5.49. The van der Waals surface area contributed by atoms with Gasteiger partial charge in [-0.25, -0.2) is 9.97 Å². The van der Waals surface area contributed by atoms with Crippen molar-refractivity contribution in [2.45, 2.75) is 32.6 Å². The van der Waals surface area contributed by atoms with E-state index >= 15 is 0 Å². The molecular formula is C25H28N4O3. The van der Waals surface area contributed by atoms with Gasteiger partial charge >= 0.3 is 0 Å². The normalized spacial score (nSPS) is 12.5. The predicted molar refractivity (Wildman–Crippen MR) is 123 cm³/mol. The first kappa shape index (κ1) is 21.9. The zero-order valence-corrected chi connectivity index (χ0v) is 18.5. The van der Waals surface area contributed by atoms with E-state index in [1.165, 1.54) is 0 Å². The van der Waals surface area contributed by atoms with Crippen LogP contribution in [0.15, 0.2) is 42.6 Å². The third-order valence-electron chi connectivity index (χ3n) is 5.49. The molecule has 0 aliphatic heterocycles. The fourth-order valence-corrected chi connectivity index (χ4v) is 4.07. The zero-order chi connectivity index (χ0) is 22.5. The Morgan fingerprint density at radius 2 is 2.06 bits per heavy atom. The second-order valence-electron chi connectivity index (χ2n) is 8.16. The molecule has 0 amide bonds. The molecule has 0 unspecified atom stereocenters. The number of hydrogen-bond acceptors (Lipinski definition) is 7. The van der Waals surface area contributed by atoms with E-state index in [1.807, 2.05) is 37.1 Å². The predicted octanol–water partition coefficient (Wildman–Crippen LogP) is 2.95. The number of aliphatic hydroxyl groups excluding tert-OH is 1. The van der Waals surface area contributed by atoms with Crippen LogP contribution in [0.4, 0.5) is 5.82 Å². The lowest BCUT2D eigenvalue weighted by Crippen LogP contribution is -2.28. The summed E-state index contributed by atoms with van der Waals surface area (Å²) in [6.45, 7) is 2.47. The molecule has 1 aromatic carbocycles. The summed E-state index contributed by atoms with van der Waals surface area (Å²) < 4.78 is 5.50. The number of likely N-dealkylation sites (N-methyl/N-ethyl adjacent to an activating group) is 1. The van der Waals surface area contributed by atoms with Crippen molar-refractivity contribution < 1.29 is 14.6 Å². The average Bonchev–Trinajstić information content (AvgIpc) is 3.26. The van der Waals surface area contributed by atoms with Crippen molar-refractivity contribution in [1.29, 1.82) is 0 Å². The summed E-state index contributed by atoms with van der Waals surface area (Å²) in [6.07, 6.45) is 4.88. The highest BCUT2D eigenvalue weighted by Gasteiger charge is 2.23. The average molecular weight is 433 g/mol. The molecule has 7 heteroatoms. The van der Waals surface area contributed by atoms with Crippen molar-refractivity contribution >= 4 is 11.6 Å². The number of aromatic nitrogens is 3. The summed E-state index contributed by atoms with van der Waals surface area (Å²) in [6, 6.07) is 11.6. The number of Topliss-reactive ketones (excluding diaryl/α,β-unsaturated/α-hetero) is 1. The van der Waals surface area contributed by atoms with E-state index in [0.29, 0.717) is 23.7 Å². The smallest absolute Gasteiger partial charge is 0.180 e. The van der Waals surface area contributed by atoms with Crippen LogP contribution in [0.25, 0.3) is 11.5 Å². The van der Waals surface area contributed by atoms with E-state index < -0.39 is 0 Å². The maximum atomic E-state index is 12.8. The molecule has 0 fully saturated rings. The summed E-state index contributed by atoms with van der Waals surface area (Å²) in [7, 11) is 1.91. The Balaban J connectivity index is 1.57. The van der Waals surface area contributed by atoms with Crippen molar-refractivity contribution in [3.8, 4) is 17.3 Å². The van der Waals surface area contributed by atoms with Crippen LogP contribution in [-0.4, -0.2) is 52.6 Å². The molecule has 166 valence electrons. The third kappa shape index (κ3) is 5.11. The first-order valence-corrected chi connectivity index (χ1v) is 10.9. The van der Waals surface area contributed by atoms with Gasteiger partial charge in [0.1, 0.15) is 23.9 Å². The molecule has 3 aromatic rings.